The van der Waals surface area contributed by atoms with Gasteiger partial charge in [0.25, 0.3) is 0 Å². The maximum atomic E-state index is 3.71. The normalized spacial score (nSPS) is 32.5. The quantitative estimate of drug-likeness (QED) is 0.863. The molecule has 3 heteroatoms. The van der Waals surface area contributed by atoms with Crippen LogP contribution < -0.4 is 5.32 Å². The first kappa shape index (κ1) is 12.2. The number of thiophene rings is 1. The topological polar surface area (TPSA) is 12.0 Å². The largest absolute Gasteiger partial charge is 0.314 e. The average Bonchev–Trinajstić information content (AvgIpc) is 2.73. The highest BCUT2D eigenvalue weighted by atomic mass is 79.9. The summed E-state index contributed by atoms with van der Waals surface area (Å²) >= 11 is 5.45. The van der Waals surface area contributed by atoms with Crippen molar-refractivity contribution in [2.45, 2.75) is 38.6 Å². The second-order valence-electron chi connectivity index (χ2n) is 5.56. The molecule has 3 atom stereocenters. The van der Waals surface area contributed by atoms with Crippen LogP contribution in [0, 0.1) is 17.8 Å². The molecule has 94 valence electrons. The lowest BCUT2D eigenvalue weighted by molar-refractivity contribution is 0.338. The number of rotatable bonds is 5. The maximum Gasteiger partial charge on any atom is 0.0701 e. The summed E-state index contributed by atoms with van der Waals surface area (Å²) < 4.78 is 1.26. The molecule has 0 amide bonds. The van der Waals surface area contributed by atoms with E-state index in [2.05, 4.69) is 40.3 Å². The molecule has 1 nitrogen and oxygen atoms in total. The van der Waals surface area contributed by atoms with E-state index < -0.39 is 0 Å². The minimum atomic E-state index is 0.707. The van der Waals surface area contributed by atoms with Gasteiger partial charge < -0.3 is 5.32 Å². The van der Waals surface area contributed by atoms with Gasteiger partial charge in [-0.25, -0.2) is 0 Å². The predicted molar refractivity (Wildman–Crippen MR) is 77.5 cm³/mol. The Morgan fingerprint density at radius 1 is 1.35 bits per heavy atom. The summed E-state index contributed by atoms with van der Waals surface area (Å²) in [5.41, 5.74) is 0. The maximum absolute atomic E-state index is 3.71. The van der Waals surface area contributed by atoms with E-state index >= 15 is 0 Å². The van der Waals surface area contributed by atoms with Crippen molar-refractivity contribution in [2.75, 3.05) is 6.54 Å². The van der Waals surface area contributed by atoms with Crippen molar-refractivity contribution in [3.8, 4) is 0 Å². The molecule has 0 saturated heterocycles. The van der Waals surface area contributed by atoms with Crippen LogP contribution in [0.5, 0.6) is 0 Å². The van der Waals surface area contributed by atoms with E-state index in [1.807, 2.05) is 11.3 Å². The standard InChI is InChI=1S/C14H20BrNS/c1-2-16-13(8-12-3-4-14(15)17-12)11-6-9-5-10(9)7-11/h3-4,9-11,13,16H,2,5-8H2,1H3. The number of hydrogen-bond donors (Lipinski definition) is 1. The zero-order valence-electron chi connectivity index (χ0n) is 10.3. The van der Waals surface area contributed by atoms with Gasteiger partial charge in [-0.2, -0.15) is 0 Å². The SMILES string of the molecule is CCNC(Cc1ccc(Br)s1)C1CC2CC2C1. The summed E-state index contributed by atoms with van der Waals surface area (Å²) in [4.78, 5) is 1.52. The number of hydrogen-bond acceptors (Lipinski definition) is 2. The van der Waals surface area contributed by atoms with Gasteiger partial charge in [-0.1, -0.05) is 6.92 Å². The third-order valence-electron chi connectivity index (χ3n) is 4.37. The first-order valence-corrected chi connectivity index (χ1v) is 8.34. The fraction of sp³-hybridized carbons (Fsp3) is 0.714. The molecule has 0 aliphatic heterocycles. The molecule has 1 aromatic rings. The molecular weight excluding hydrogens is 294 g/mol. The Hall–Kier alpha value is 0.140. The molecule has 1 N–H and O–H groups in total. The summed E-state index contributed by atoms with van der Waals surface area (Å²) in [6.45, 7) is 3.33. The fourth-order valence-corrected chi connectivity index (χ4v) is 4.98. The minimum absolute atomic E-state index is 0.707. The molecule has 2 fully saturated rings. The van der Waals surface area contributed by atoms with E-state index in [9.17, 15) is 0 Å². The van der Waals surface area contributed by atoms with Gasteiger partial charge in [0.05, 0.1) is 3.79 Å². The zero-order chi connectivity index (χ0) is 11.8. The van der Waals surface area contributed by atoms with Crippen LogP contribution in [-0.2, 0) is 6.42 Å². The highest BCUT2D eigenvalue weighted by Crippen LogP contribution is 2.55. The third kappa shape index (κ3) is 2.77. The summed E-state index contributed by atoms with van der Waals surface area (Å²) in [5.74, 6) is 3.12. The number of likely N-dealkylation sites (N-methyl/N-ethyl adjacent to an activating group) is 1. The Kier molecular flexibility index (Phi) is 3.60. The van der Waals surface area contributed by atoms with Gasteiger partial charge in [-0.05, 0) is 78.0 Å². The van der Waals surface area contributed by atoms with Crippen LogP contribution in [-0.4, -0.2) is 12.6 Å². The minimum Gasteiger partial charge on any atom is -0.314 e. The van der Waals surface area contributed by atoms with Crippen LogP contribution in [0.3, 0.4) is 0 Å². The second kappa shape index (κ2) is 5.02. The Bertz CT molecular complexity index is 379. The van der Waals surface area contributed by atoms with Gasteiger partial charge in [0.15, 0.2) is 0 Å². The average molecular weight is 314 g/mol. The number of halogens is 1. The van der Waals surface area contributed by atoms with Gasteiger partial charge in [-0.15, -0.1) is 11.3 Å². The van der Waals surface area contributed by atoms with Crippen molar-refractivity contribution in [3.63, 3.8) is 0 Å². The molecule has 2 aliphatic carbocycles. The summed E-state index contributed by atoms with van der Waals surface area (Å²) in [7, 11) is 0. The van der Waals surface area contributed by atoms with Crippen LogP contribution in [0.4, 0.5) is 0 Å². The van der Waals surface area contributed by atoms with Gasteiger partial charge in [0.1, 0.15) is 0 Å². The predicted octanol–water partition coefficient (Wildman–Crippen LogP) is 4.08. The van der Waals surface area contributed by atoms with Crippen molar-refractivity contribution in [2.24, 2.45) is 17.8 Å². The molecule has 2 saturated carbocycles. The smallest absolute Gasteiger partial charge is 0.0701 e. The van der Waals surface area contributed by atoms with Crippen molar-refractivity contribution >= 4 is 27.3 Å². The Balaban J connectivity index is 1.63. The van der Waals surface area contributed by atoms with Crippen LogP contribution in [0.15, 0.2) is 15.9 Å². The van der Waals surface area contributed by atoms with E-state index in [1.165, 1.54) is 34.3 Å². The van der Waals surface area contributed by atoms with E-state index in [-0.39, 0.29) is 0 Å². The lowest BCUT2D eigenvalue weighted by Crippen LogP contribution is -2.37. The van der Waals surface area contributed by atoms with Crippen molar-refractivity contribution in [1.29, 1.82) is 0 Å². The highest BCUT2D eigenvalue weighted by molar-refractivity contribution is 9.11. The third-order valence-corrected chi connectivity index (χ3v) is 6.01. The van der Waals surface area contributed by atoms with E-state index in [1.54, 1.807) is 0 Å². The van der Waals surface area contributed by atoms with Crippen molar-refractivity contribution < 1.29 is 0 Å². The molecular formula is C14H20BrNS. The molecule has 3 unspecified atom stereocenters. The molecule has 0 aromatic carbocycles. The second-order valence-corrected chi connectivity index (χ2v) is 8.11. The number of nitrogens with one attached hydrogen (secondary N) is 1. The first-order chi connectivity index (χ1) is 8.26. The van der Waals surface area contributed by atoms with Crippen LogP contribution in [0.1, 0.15) is 31.1 Å². The summed E-state index contributed by atoms with van der Waals surface area (Å²) in [6, 6.07) is 5.16. The van der Waals surface area contributed by atoms with E-state index in [0.717, 1.165) is 24.3 Å². The molecule has 1 heterocycles. The van der Waals surface area contributed by atoms with Gasteiger partial charge in [0, 0.05) is 10.9 Å². The van der Waals surface area contributed by atoms with Crippen LogP contribution >= 0.6 is 27.3 Å². The monoisotopic (exact) mass is 313 g/mol. The Morgan fingerprint density at radius 3 is 2.71 bits per heavy atom. The fourth-order valence-electron chi connectivity index (χ4n) is 3.44. The van der Waals surface area contributed by atoms with Gasteiger partial charge in [-0.3, -0.25) is 0 Å². The summed E-state index contributed by atoms with van der Waals surface area (Å²) in [5, 5.41) is 3.71. The van der Waals surface area contributed by atoms with Gasteiger partial charge >= 0.3 is 0 Å². The molecule has 1 aromatic heterocycles. The molecule has 0 bridgehead atoms. The molecule has 2 aliphatic rings. The lowest BCUT2D eigenvalue weighted by Gasteiger charge is -2.25. The molecule has 0 radical (unpaired) electrons. The Labute approximate surface area is 116 Å². The summed E-state index contributed by atoms with van der Waals surface area (Å²) in [6.07, 6.45) is 5.71. The van der Waals surface area contributed by atoms with E-state index in [4.69, 9.17) is 0 Å². The highest BCUT2D eigenvalue weighted by Gasteiger charge is 2.47. The Morgan fingerprint density at radius 2 is 2.12 bits per heavy atom. The zero-order valence-corrected chi connectivity index (χ0v) is 12.7. The molecule has 0 spiro atoms. The van der Waals surface area contributed by atoms with Crippen molar-refractivity contribution in [1.82, 2.24) is 5.32 Å². The first-order valence-electron chi connectivity index (χ1n) is 6.74. The van der Waals surface area contributed by atoms with Crippen LogP contribution in [0.25, 0.3) is 0 Å². The lowest BCUT2D eigenvalue weighted by atomic mass is 9.91. The molecule has 17 heavy (non-hydrogen) atoms. The number of fused-ring (bicyclic) bond motifs is 1. The van der Waals surface area contributed by atoms with Crippen molar-refractivity contribution in [3.05, 3.63) is 20.8 Å². The van der Waals surface area contributed by atoms with Crippen LogP contribution in [0.2, 0.25) is 0 Å². The molecule has 3 rings (SSSR count). The van der Waals surface area contributed by atoms with Gasteiger partial charge in [0.2, 0.25) is 0 Å². The van der Waals surface area contributed by atoms with E-state index in [0.29, 0.717) is 6.04 Å².